The van der Waals surface area contributed by atoms with Crippen molar-refractivity contribution in [3.8, 4) is 0 Å². The summed E-state index contributed by atoms with van der Waals surface area (Å²) in [5, 5.41) is 8.58. The maximum Gasteiger partial charge on any atom is 0.323 e. The number of hydrogen-bond donors (Lipinski definition) is 3. The van der Waals surface area contributed by atoms with E-state index in [1.54, 1.807) is 11.0 Å². The molecule has 3 N–H and O–H groups in total. The largest absolute Gasteiger partial charge is 0.350 e. The SMILES string of the molecule is Cc1cccc(NC(=O)Nc2cccc(CNC(=O)C3CCCN3C(=O)C3CC3)c2)c1. The summed E-state index contributed by atoms with van der Waals surface area (Å²) in [5.74, 6) is 0.146. The molecule has 2 fully saturated rings. The molecule has 4 rings (SSSR count). The summed E-state index contributed by atoms with van der Waals surface area (Å²) in [7, 11) is 0. The number of carbonyl (C=O) groups excluding carboxylic acids is 3. The molecule has 7 heteroatoms. The molecule has 1 aliphatic carbocycles. The number of nitrogens with zero attached hydrogens (tertiary/aromatic N) is 1. The van der Waals surface area contributed by atoms with Gasteiger partial charge >= 0.3 is 6.03 Å². The van der Waals surface area contributed by atoms with E-state index < -0.39 is 0 Å². The van der Waals surface area contributed by atoms with Crippen LogP contribution in [0.5, 0.6) is 0 Å². The number of hydrogen-bond acceptors (Lipinski definition) is 3. The highest BCUT2D eigenvalue weighted by Crippen LogP contribution is 2.33. The van der Waals surface area contributed by atoms with Crippen LogP contribution in [0.25, 0.3) is 0 Å². The first-order chi connectivity index (χ1) is 15.0. The topological polar surface area (TPSA) is 90.5 Å². The smallest absolute Gasteiger partial charge is 0.323 e. The second-order valence-corrected chi connectivity index (χ2v) is 8.33. The molecule has 0 spiro atoms. The Morgan fingerprint density at radius 1 is 0.968 bits per heavy atom. The van der Waals surface area contributed by atoms with Gasteiger partial charge < -0.3 is 20.9 Å². The number of amides is 4. The molecule has 4 amide bonds. The first kappa shape index (κ1) is 20.9. The maximum atomic E-state index is 12.7. The lowest BCUT2D eigenvalue weighted by Gasteiger charge is -2.24. The average molecular weight is 421 g/mol. The van der Waals surface area contributed by atoms with Gasteiger partial charge in [-0.05, 0) is 68.0 Å². The standard InChI is InChI=1S/C24H28N4O3/c1-16-5-2-7-19(13-16)26-24(31)27-20-8-3-6-17(14-20)15-25-22(29)21-9-4-12-28(21)23(30)18-10-11-18/h2-3,5-8,13-14,18,21H,4,9-12,15H2,1H3,(H,25,29)(H2,26,27,31). The van der Waals surface area contributed by atoms with Crippen molar-refractivity contribution in [3.05, 3.63) is 59.7 Å². The van der Waals surface area contributed by atoms with Crippen molar-refractivity contribution in [1.82, 2.24) is 10.2 Å². The van der Waals surface area contributed by atoms with E-state index in [1.165, 1.54) is 0 Å². The highest BCUT2D eigenvalue weighted by molar-refractivity contribution is 5.99. The average Bonchev–Trinajstić information content (AvgIpc) is 3.48. The second-order valence-electron chi connectivity index (χ2n) is 8.33. The fourth-order valence-electron chi connectivity index (χ4n) is 3.95. The van der Waals surface area contributed by atoms with Crippen molar-refractivity contribution < 1.29 is 14.4 Å². The molecule has 1 saturated carbocycles. The molecular formula is C24H28N4O3. The lowest BCUT2D eigenvalue weighted by atomic mass is 10.1. The van der Waals surface area contributed by atoms with E-state index in [9.17, 15) is 14.4 Å². The number of urea groups is 1. The molecule has 162 valence electrons. The Kier molecular flexibility index (Phi) is 6.21. The Labute approximate surface area is 182 Å². The molecule has 0 aromatic heterocycles. The van der Waals surface area contributed by atoms with Crippen molar-refractivity contribution in [2.45, 2.75) is 45.2 Å². The molecule has 2 aromatic rings. The van der Waals surface area contributed by atoms with Crippen LogP contribution in [-0.2, 0) is 16.1 Å². The molecule has 0 radical (unpaired) electrons. The number of carbonyl (C=O) groups is 3. The van der Waals surface area contributed by atoms with Gasteiger partial charge in [0.05, 0.1) is 0 Å². The molecule has 1 heterocycles. The van der Waals surface area contributed by atoms with Crippen molar-refractivity contribution in [2.75, 3.05) is 17.2 Å². The minimum Gasteiger partial charge on any atom is -0.350 e. The summed E-state index contributed by atoms with van der Waals surface area (Å²) in [4.78, 5) is 39.1. The number of aryl methyl sites for hydroxylation is 1. The van der Waals surface area contributed by atoms with Crippen molar-refractivity contribution in [3.63, 3.8) is 0 Å². The summed E-state index contributed by atoms with van der Waals surface area (Å²) in [5.41, 5.74) is 3.31. The fraction of sp³-hybridized carbons (Fsp3) is 0.375. The Hall–Kier alpha value is -3.35. The van der Waals surface area contributed by atoms with Crippen LogP contribution >= 0.6 is 0 Å². The van der Waals surface area contributed by atoms with Crippen LogP contribution in [0.3, 0.4) is 0 Å². The Balaban J connectivity index is 1.30. The Morgan fingerprint density at radius 2 is 1.68 bits per heavy atom. The minimum atomic E-state index is -0.366. The van der Waals surface area contributed by atoms with E-state index in [2.05, 4.69) is 16.0 Å². The Bertz CT molecular complexity index is 986. The first-order valence-electron chi connectivity index (χ1n) is 10.8. The van der Waals surface area contributed by atoms with Crippen LogP contribution in [-0.4, -0.2) is 35.3 Å². The predicted molar refractivity (Wildman–Crippen MR) is 120 cm³/mol. The van der Waals surface area contributed by atoms with Gasteiger partial charge in [0.1, 0.15) is 6.04 Å². The maximum absolute atomic E-state index is 12.7. The lowest BCUT2D eigenvalue weighted by molar-refractivity contribution is -0.139. The van der Waals surface area contributed by atoms with Crippen LogP contribution in [0.1, 0.15) is 36.8 Å². The summed E-state index contributed by atoms with van der Waals surface area (Å²) < 4.78 is 0. The van der Waals surface area contributed by atoms with Gasteiger partial charge in [0.25, 0.3) is 0 Å². The molecular weight excluding hydrogens is 392 g/mol. The van der Waals surface area contributed by atoms with E-state index in [0.717, 1.165) is 36.1 Å². The zero-order valence-electron chi connectivity index (χ0n) is 17.7. The van der Waals surface area contributed by atoms with Gasteiger partial charge in [0, 0.05) is 30.4 Å². The van der Waals surface area contributed by atoms with Gasteiger partial charge in [-0.1, -0.05) is 24.3 Å². The minimum absolute atomic E-state index is 0.109. The molecule has 1 unspecified atom stereocenters. The van der Waals surface area contributed by atoms with Crippen molar-refractivity contribution >= 4 is 29.2 Å². The van der Waals surface area contributed by atoms with Crippen molar-refractivity contribution in [2.24, 2.45) is 5.92 Å². The third kappa shape index (κ3) is 5.42. The van der Waals surface area contributed by atoms with E-state index in [-0.39, 0.29) is 29.8 Å². The first-order valence-corrected chi connectivity index (χ1v) is 10.8. The highest BCUT2D eigenvalue weighted by atomic mass is 16.2. The Morgan fingerprint density at radius 3 is 2.39 bits per heavy atom. The second kappa shape index (κ2) is 9.20. The molecule has 1 atom stereocenters. The number of likely N-dealkylation sites (tertiary alicyclic amines) is 1. The summed E-state index contributed by atoms with van der Waals surface area (Å²) in [6.07, 6.45) is 3.47. The van der Waals surface area contributed by atoms with Gasteiger partial charge in [0.15, 0.2) is 0 Å². The zero-order chi connectivity index (χ0) is 21.8. The monoisotopic (exact) mass is 420 g/mol. The normalized spacial score (nSPS) is 17.8. The van der Waals surface area contributed by atoms with E-state index in [4.69, 9.17) is 0 Å². The molecule has 0 bridgehead atoms. The van der Waals surface area contributed by atoms with Crippen LogP contribution in [0.4, 0.5) is 16.2 Å². The van der Waals surface area contributed by atoms with Crippen LogP contribution in [0, 0.1) is 12.8 Å². The van der Waals surface area contributed by atoms with Crippen LogP contribution < -0.4 is 16.0 Å². The summed E-state index contributed by atoms with van der Waals surface area (Å²) >= 11 is 0. The van der Waals surface area contributed by atoms with Gasteiger partial charge in [0.2, 0.25) is 11.8 Å². The quantitative estimate of drug-likeness (QED) is 0.666. The molecule has 2 aromatic carbocycles. The fourth-order valence-corrected chi connectivity index (χ4v) is 3.95. The predicted octanol–water partition coefficient (Wildman–Crippen LogP) is 3.66. The molecule has 2 aliphatic rings. The van der Waals surface area contributed by atoms with Crippen LogP contribution in [0.2, 0.25) is 0 Å². The number of anilines is 2. The highest BCUT2D eigenvalue weighted by Gasteiger charge is 2.40. The third-order valence-electron chi connectivity index (χ3n) is 5.69. The zero-order valence-corrected chi connectivity index (χ0v) is 17.7. The van der Waals surface area contributed by atoms with Gasteiger partial charge in [-0.25, -0.2) is 4.79 Å². The number of benzene rings is 2. The van der Waals surface area contributed by atoms with E-state index in [0.29, 0.717) is 25.2 Å². The third-order valence-corrected chi connectivity index (χ3v) is 5.69. The molecule has 1 aliphatic heterocycles. The number of nitrogens with one attached hydrogen (secondary N) is 3. The van der Waals surface area contributed by atoms with Gasteiger partial charge in [-0.3, -0.25) is 9.59 Å². The van der Waals surface area contributed by atoms with Crippen molar-refractivity contribution in [1.29, 1.82) is 0 Å². The van der Waals surface area contributed by atoms with Crippen LogP contribution in [0.15, 0.2) is 48.5 Å². The van der Waals surface area contributed by atoms with E-state index >= 15 is 0 Å². The molecule has 31 heavy (non-hydrogen) atoms. The number of rotatable bonds is 6. The summed E-state index contributed by atoms with van der Waals surface area (Å²) in [6.45, 7) is 2.98. The molecule has 1 saturated heterocycles. The molecule has 7 nitrogen and oxygen atoms in total. The summed E-state index contributed by atoms with van der Waals surface area (Å²) in [6, 6.07) is 14.2. The lowest BCUT2D eigenvalue weighted by Crippen LogP contribution is -2.46. The van der Waals surface area contributed by atoms with Gasteiger partial charge in [-0.2, -0.15) is 0 Å². The van der Waals surface area contributed by atoms with Gasteiger partial charge in [-0.15, -0.1) is 0 Å². The van der Waals surface area contributed by atoms with E-state index in [1.807, 2.05) is 49.4 Å².